The van der Waals surface area contributed by atoms with Gasteiger partial charge in [0.15, 0.2) is 0 Å². The first-order chi connectivity index (χ1) is 6.26. The van der Waals surface area contributed by atoms with Crippen molar-refractivity contribution in [3.8, 4) is 0 Å². The lowest BCUT2D eigenvalue weighted by atomic mass is 10.3. The third kappa shape index (κ3) is 4.10. The zero-order valence-corrected chi connectivity index (χ0v) is 7.88. The number of rotatable bonds is 5. The van der Waals surface area contributed by atoms with E-state index < -0.39 is 0 Å². The number of carbonyl (C=O) groups excluding carboxylic acids is 1. The second-order valence-corrected chi connectivity index (χ2v) is 3.28. The molecule has 0 aromatic carbocycles. The Kier molecular flexibility index (Phi) is 3.98. The number of hydrogen-bond acceptors (Lipinski definition) is 3. The highest BCUT2D eigenvalue weighted by molar-refractivity contribution is 5.74. The van der Waals surface area contributed by atoms with Crippen molar-refractivity contribution >= 4 is 6.03 Å². The minimum Gasteiger partial charge on any atom is -0.383 e. The lowest BCUT2D eigenvalue weighted by Gasteiger charge is -2.15. The van der Waals surface area contributed by atoms with Crippen LogP contribution in [-0.4, -0.2) is 38.4 Å². The van der Waals surface area contributed by atoms with Crippen LogP contribution in [0.4, 0.5) is 4.79 Å². The topological polar surface area (TPSA) is 76.4 Å². The molecule has 0 saturated heterocycles. The fourth-order valence-electron chi connectivity index (χ4n) is 1.01. The van der Waals surface area contributed by atoms with E-state index in [0.29, 0.717) is 19.2 Å². The van der Waals surface area contributed by atoms with Crippen molar-refractivity contribution in [2.75, 3.05) is 20.3 Å². The van der Waals surface area contributed by atoms with Crippen LogP contribution in [0.25, 0.3) is 0 Å². The fraction of sp³-hybridized carbons (Fsp3) is 0.875. The summed E-state index contributed by atoms with van der Waals surface area (Å²) in [4.78, 5) is 11.2. The van der Waals surface area contributed by atoms with Gasteiger partial charge in [-0.05, 0) is 12.8 Å². The van der Waals surface area contributed by atoms with E-state index in [0.717, 1.165) is 12.8 Å². The van der Waals surface area contributed by atoms with Crippen molar-refractivity contribution in [1.82, 2.24) is 10.6 Å². The molecular formula is C8H17N3O2. The predicted molar refractivity (Wildman–Crippen MR) is 49.4 cm³/mol. The van der Waals surface area contributed by atoms with Crippen LogP contribution in [0.15, 0.2) is 0 Å². The van der Waals surface area contributed by atoms with Gasteiger partial charge < -0.3 is 21.1 Å². The Bertz CT molecular complexity index is 171. The molecule has 13 heavy (non-hydrogen) atoms. The van der Waals surface area contributed by atoms with E-state index in [1.165, 1.54) is 0 Å². The van der Waals surface area contributed by atoms with E-state index in [1.807, 2.05) is 0 Å². The molecule has 1 rings (SSSR count). The smallest absolute Gasteiger partial charge is 0.315 e. The van der Waals surface area contributed by atoms with Crippen LogP contribution < -0.4 is 16.4 Å². The molecule has 1 saturated carbocycles. The molecule has 1 unspecified atom stereocenters. The van der Waals surface area contributed by atoms with Gasteiger partial charge in [0.1, 0.15) is 0 Å². The average Bonchev–Trinajstić information content (AvgIpc) is 2.87. The molecule has 0 radical (unpaired) electrons. The molecule has 4 N–H and O–H groups in total. The van der Waals surface area contributed by atoms with Gasteiger partial charge in [-0.15, -0.1) is 0 Å². The first-order valence-electron chi connectivity index (χ1n) is 4.52. The normalized spacial score (nSPS) is 18.0. The largest absolute Gasteiger partial charge is 0.383 e. The first-order valence-corrected chi connectivity index (χ1v) is 4.52. The highest BCUT2D eigenvalue weighted by Crippen LogP contribution is 2.18. The van der Waals surface area contributed by atoms with Gasteiger partial charge in [0, 0.05) is 19.7 Å². The lowest BCUT2D eigenvalue weighted by molar-refractivity contribution is 0.167. The number of carbonyl (C=O) groups is 1. The molecule has 1 aliphatic rings. The van der Waals surface area contributed by atoms with Crippen LogP contribution in [0, 0.1) is 0 Å². The van der Waals surface area contributed by atoms with Gasteiger partial charge in [0.05, 0.1) is 12.6 Å². The molecule has 2 amide bonds. The van der Waals surface area contributed by atoms with Gasteiger partial charge >= 0.3 is 6.03 Å². The van der Waals surface area contributed by atoms with E-state index in [-0.39, 0.29) is 12.1 Å². The van der Waals surface area contributed by atoms with E-state index in [4.69, 9.17) is 10.5 Å². The molecule has 0 heterocycles. The monoisotopic (exact) mass is 187 g/mol. The van der Waals surface area contributed by atoms with Gasteiger partial charge in [-0.2, -0.15) is 0 Å². The molecule has 5 heteroatoms. The highest BCUT2D eigenvalue weighted by Gasteiger charge is 2.23. The number of ether oxygens (including phenoxy) is 1. The minimum atomic E-state index is -0.144. The summed E-state index contributed by atoms with van der Waals surface area (Å²) >= 11 is 0. The van der Waals surface area contributed by atoms with Crippen molar-refractivity contribution in [1.29, 1.82) is 0 Å². The zero-order chi connectivity index (χ0) is 9.68. The summed E-state index contributed by atoms with van der Waals surface area (Å²) in [6, 6.07) is 0.139. The van der Waals surface area contributed by atoms with Crippen LogP contribution in [0.2, 0.25) is 0 Å². The molecule has 0 aliphatic heterocycles. The average molecular weight is 187 g/mol. The Morgan fingerprint density at radius 3 is 2.85 bits per heavy atom. The number of methoxy groups -OCH3 is 1. The Hall–Kier alpha value is -0.810. The van der Waals surface area contributed by atoms with Gasteiger partial charge in [-0.25, -0.2) is 4.79 Å². The molecule has 1 fully saturated rings. The summed E-state index contributed by atoms with van der Waals surface area (Å²) in [5.41, 5.74) is 5.43. The summed E-state index contributed by atoms with van der Waals surface area (Å²) < 4.78 is 4.89. The van der Waals surface area contributed by atoms with E-state index in [2.05, 4.69) is 10.6 Å². The van der Waals surface area contributed by atoms with Crippen molar-refractivity contribution in [3.05, 3.63) is 0 Å². The number of urea groups is 1. The molecule has 0 aromatic heterocycles. The quantitative estimate of drug-likeness (QED) is 0.539. The van der Waals surface area contributed by atoms with Crippen LogP contribution in [0.3, 0.4) is 0 Å². The second-order valence-electron chi connectivity index (χ2n) is 3.28. The molecule has 76 valence electrons. The maximum Gasteiger partial charge on any atom is 0.315 e. The van der Waals surface area contributed by atoms with E-state index in [9.17, 15) is 4.79 Å². The molecule has 1 aliphatic carbocycles. The maximum absolute atomic E-state index is 11.2. The van der Waals surface area contributed by atoms with Gasteiger partial charge in [0.2, 0.25) is 0 Å². The number of nitrogens with two attached hydrogens (primary N) is 1. The first kappa shape index (κ1) is 10.3. The highest BCUT2D eigenvalue weighted by atomic mass is 16.5. The molecule has 5 nitrogen and oxygen atoms in total. The lowest BCUT2D eigenvalue weighted by Crippen LogP contribution is -2.48. The SMILES string of the molecule is COCC(CN)NC(=O)NC1CC1. The Labute approximate surface area is 78.0 Å². The van der Waals surface area contributed by atoms with E-state index in [1.54, 1.807) is 7.11 Å². The van der Waals surface area contributed by atoms with Crippen LogP contribution in [0.1, 0.15) is 12.8 Å². The number of nitrogens with one attached hydrogen (secondary N) is 2. The predicted octanol–water partition coefficient (Wildman–Crippen LogP) is -0.578. The number of amides is 2. The van der Waals surface area contributed by atoms with Gasteiger partial charge in [-0.3, -0.25) is 0 Å². The Morgan fingerprint density at radius 1 is 1.69 bits per heavy atom. The molecule has 1 atom stereocenters. The molecule has 0 aromatic rings. The van der Waals surface area contributed by atoms with E-state index >= 15 is 0 Å². The van der Waals surface area contributed by atoms with Crippen LogP contribution >= 0.6 is 0 Å². The van der Waals surface area contributed by atoms with Crippen molar-refractivity contribution < 1.29 is 9.53 Å². The summed E-state index contributed by atoms with van der Waals surface area (Å²) in [6.07, 6.45) is 2.18. The van der Waals surface area contributed by atoms with Crippen LogP contribution in [-0.2, 0) is 4.74 Å². The second kappa shape index (κ2) is 5.04. The minimum absolute atomic E-state index is 0.0938. The molecule has 0 bridgehead atoms. The summed E-state index contributed by atoms with van der Waals surface area (Å²) in [5, 5.41) is 5.55. The molecular weight excluding hydrogens is 170 g/mol. The van der Waals surface area contributed by atoms with Crippen LogP contribution in [0.5, 0.6) is 0 Å². The molecule has 0 spiro atoms. The van der Waals surface area contributed by atoms with Gasteiger partial charge in [-0.1, -0.05) is 0 Å². The Balaban J connectivity index is 2.14. The third-order valence-electron chi connectivity index (χ3n) is 1.90. The number of hydrogen-bond donors (Lipinski definition) is 3. The standard InChI is InChI=1S/C8H17N3O2/c1-13-5-7(4-9)11-8(12)10-6-2-3-6/h6-7H,2-5,9H2,1H3,(H2,10,11,12). The Morgan fingerprint density at radius 2 is 2.38 bits per heavy atom. The summed E-state index contributed by atoms with van der Waals surface area (Å²) in [5.74, 6) is 0. The maximum atomic E-state index is 11.2. The van der Waals surface area contributed by atoms with Gasteiger partial charge in [0.25, 0.3) is 0 Å². The van der Waals surface area contributed by atoms with Crippen molar-refractivity contribution in [3.63, 3.8) is 0 Å². The fourth-order valence-corrected chi connectivity index (χ4v) is 1.01. The summed E-state index contributed by atoms with van der Waals surface area (Å²) in [6.45, 7) is 0.848. The third-order valence-corrected chi connectivity index (χ3v) is 1.90. The van der Waals surface area contributed by atoms with Crippen molar-refractivity contribution in [2.45, 2.75) is 24.9 Å². The zero-order valence-electron chi connectivity index (χ0n) is 7.88. The summed E-state index contributed by atoms with van der Waals surface area (Å²) in [7, 11) is 1.59. The van der Waals surface area contributed by atoms with Crippen molar-refractivity contribution in [2.24, 2.45) is 5.73 Å².